The van der Waals surface area contributed by atoms with E-state index in [-0.39, 0.29) is 5.41 Å². The molecule has 0 atom stereocenters. The van der Waals surface area contributed by atoms with Crippen LogP contribution in [0.1, 0.15) is 32.8 Å². The van der Waals surface area contributed by atoms with Gasteiger partial charge in [-0.25, -0.2) is 0 Å². The molecule has 1 aliphatic rings. The largest absolute Gasteiger partial charge is 0.493 e. The zero-order valence-electron chi connectivity index (χ0n) is 13.3. The molecule has 0 aliphatic carbocycles. The summed E-state index contributed by atoms with van der Waals surface area (Å²) < 4.78 is 12.5. The lowest BCUT2D eigenvalue weighted by atomic mass is 9.86. The van der Waals surface area contributed by atoms with Crippen molar-refractivity contribution in [1.29, 1.82) is 0 Å². The third-order valence-corrected chi connectivity index (χ3v) is 4.22. The zero-order chi connectivity index (χ0) is 15.3. The molecule has 1 fully saturated rings. The van der Waals surface area contributed by atoms with Crippen LogP contribution in [0, 0.1) is 0 Å². The standard InChI is InChI=1S/C17H26BrNO2/c1-17(2,3)15-13-14(18)5-6-16(15)21-10-4-7-19-8-11-20-12-9-19/h5-6,13H,4,7-12H2,1-3H3. The number of ether oxygens (including phenoxy) is 2. The van der Waals surface area contributed by atoms with E-state index in [1.165, 1.54) is 5.56 Å². The van der Waals surface area contributed by atoms with Crippen molar-refractivity contribution in [3.63, 3.8) is 0 Å². The highest BCUT2D eigenvalue weighted by molar-refractivity contribution is 9.10. The first kappa shape index (κ1) is 16.8. The second-order valence-corrected chi connectivity index (χ2v) is 7.46. The van der Waals surface area contributed by atoms with E-state index in [0.717, 1.165) is 56.1 Å². The molecule has 1 saturated heterocycles. The molecule has 0 aromatic heterocycles. The zero-order valence-corrected chi connectivity index (χ0v) is 14.9. The topological polar surface area (TPSA) is 21.7 Å². The second-order valence-electron chi connectivity index (χ2n) is 6.55. The van der Waals surface area contributed by atoms with Crippen molar-refractivity contribution < 1.29 is 9.47 Å². The first-order valence-electron chi connectivity index (χ1n) is 7.70. The van der Waals surface area contributed by atoms with Crippen LogP contribution in [-0.2, 0) is 10.2 Å². The Hall–Kier alpha value is -0.580. The SMILES string of the molecule is CC(C)(C)c1cc(Br)ccc1OCCCN1CCOCC1. The number of halogens is 1. The minimum absolute atomic E-state index is 0.0866. The monoisotopic (exact) mass is 355 g/mol. The smallest absolute Gasteiger partial charge is 0.123 e. The van der Waals surface area contributed by atoms with E-state index in [1.54, 1.807) is 0 Å². The molecule has 3 nitrogen and oxygen atoms in total. The molecule has 1 aliphatic heterocycles. The summed E-state index contributed by atoms with van der Waals surface area (Å²) in [5.41, 5.74) is 1.34. The Labute approximate surface area is 136 Å². The van der Waals surface area contributed by atoms with Crippen LogP contribution >= 0.6 is 15.9 Å². The summed E-state index contributed by atoms with van der Waals surface area (Å²) >= 11 is 3.55. The van der Waals surface area contributed by atoms with Crippen LogP contribution in [0.25, 0.3) is 0 Å². The molecule has 0 radical (unpaired) electrons. The van der Waals surface area contributed by atoms with E-state index in [1.807, 2.05) is 6.07 Å². The van der Waals surface area contributed by atoms with Gasteiger partial charge in [0.1, 0.15) is 5.75 Å². The Bertz CT molecular complexity index is 451. The Kier molecular flexibility index (Phi) is 6.08. The molecule has 1 aromatic carbocycles. The number of nitrogens with zero attached hydrogens (tertiary/aromatic N) is 1. The van der Waals surface area contributed by atoms with Crippen molar-refractivity contribution in [3.05, 3.63) is 28.2 Å². The van der Waals surface area contributed by atoms with Crippen LogP contribution < -0.4 is 4.74 Å². The van der Waals surface area contributed by atoms with E-state index in [4.69, 9.17) is 9.47 Å². The van der Waals surface area contributed by atoms with E-state index < -0.39 is 0 Å². The van der Waals surface area contributed by atoms with Crippen LogP contribution in [0.3, 0.4) is 0 Å². The highest BCUT2D eigenvalue weighted by Gasteiger charge is 2.19. The molecule has 0 saturated carbocycles. The van der Waals surface area contributed by atoms with Crippen LogP contribution in [0.15, 0.2) is 22.7 Å². The van der Waals surface area contributed by atoms with Gasteiger partial charge in [0.25, 0.3) is 0 Å². The van der Waals surface area contributed by atoms with Gasteiger partial charge in [-0.3, -0.25) is 4.90 Å². The molecule has 1 heterocycles. The molecule has 2 rings (SSSR count). The van der Waals surface area contributed by atoms with Crippen molar-refractivity contribution in [2.24, 2.45) is 0 Å². The fraction of sp³-hybridized carbons (Fsp3) is 0.647. The molecule has 118 valence electrons. The van der Waals surface area contributed by atoms with Gasteiger partial charge in [0, 0.05) is 29.7 Å². The van der Waals surface area contributed by atoms with Crippen molar-refractivity contribution in [3.8, 4) is 5.75 Å². The summed E-state index contributed by atoms with van der Waals surface area (Å²) in [4.78, 5) is 2.44. The van der Waals surface area contributed by atoms with Gasteiger partial charge in [-0.2, -0.15) is 0 Å². The van der Waals surface area contributed by atoms with Gasteiger partial charge in [-0.15, -0.1) is 0 Å². The van der Waals surface area contributed by atoms with Gasteiger partial charge < -0.3 is 9.47 Å². The van der Waals surface area contributed by atoms with Crippen LogP contribution in [0.5, 0.6) is 5.75 Å². The molecule has 0 unspecified atom stereocenters. The number of morpholine rings is 1. The van der Waals surface area contributed by atoms with Crippen molar-refractivity contribution in [2.75, 3.05) is 39.5 Å². The summed E-state index contributed by atoms with van der Waals surface area (Å²) in [6.07, 6.45) is 1.06. The Balaban J connectivity index is 1.85. The number of hydrogen-bond acceptors (Lipinski definition) is 3. The molecular formula is C17H26BrNO2. The Morgan fingerprint density at radius 2 is 1.95 bits per heavy atom. The third kappa shape index (κ3) is 5.28. The molecule has 0 bridgehead atoms. The Morgan fingerprint density at radius 3 is 2.62 bits per heavy atom. The molecule has 0 N–H and O–H groups in total. The van der Waals surface area contributed by atoms with Gasteiger partial charge in [0.15, 0.2) is 0 Å². The van der Waals surface area contributed by atoms with Crippen LogP contribution in [0.2, 0.25) is 0 Å². The maximum absolute atomic E-state index is 6.03. The lowest BCUT2D eigenvalue weighted by Crippen LogP contribution is -2.37. The molecule has 0 amide bonds. The van der Waals surface area contributed by atoms with Crippen LogP contribution in [-0.4, -0.2) is 44.4 Å². The van der Waals surface area contributed by atoms with Gasteiger partial charge in [-0.1, -0.05) is 36.7 Å². The minimum atomic E-state index is 0.0866. The predicted octanol–water partition coefficient (Wildman–Crippen LogP) is 3.85. The average Bonchev–Trinajstić information content (AvgIpc) is 2.45. The van der Waals surface area contributed by atoms with Crippen molar-refractivity contribution in [1.82, 2.24) is 4.90 Å². The minimum Gasteiger partial charge on any atom is -0.493 e. The number of benzene rings is 1. The molecule has 21 heavy (non-hydrogen) atoms. The van der Waals surface area contributed by atoms with Gasteiger partial charge in [0.05, 0.1) is 19.8 Å². The van der Waals surface area contributed by atoms with E-state index >= 15 is 0 Å². The highest BCUT2D eigenvalue weighted by Crippen LogP contribution is 2.33. The van der Waals surface area contributed by atoms with E-state index in [0.29, 0.717) is 0 Å². The predicted molar refractivity (Wildman–Crippen MR) is 90.2 cm³/mol. The lowest BCUT2D eigenvalue weighted by molar-refractivity contribution is 0.0357. The Morgan fingerprint density at radius 1 is 1.24 bits per heavy atom. The average molecular weight is 356 g/mol. The normalized spacial score (nSPS) is 17.0. The molecular weight excluding hydrogens is 330 g/mol. The number of rotatable bonds is 5. The van der Waals surface area contributed by atoms with Crippen LogP contribution in [0.4, 0.5) is 0 Å². The molecule has 4 heteroatoms. The number of hydrogen-bond donors (Lipinski definition) is 0. The first-order chi connectivity index (χ1) is 9.97. The van der Waals surface area contributed by atoms with Crippen molar-refractivity contribution >= 4 is 15.9 Å². The summed E-state index contributed by atoms with van der Waals surface area (Å²) in [5, 5.41) is 0. The fourth-order valence-electron chi connectivity index (χ4n) is 2.51. The summed E-state index contributed by atoms with van der Waals surface area (Å²) in [7, 11) is 0. The second kappa shape index (κ2) is 7.61. The fourth-order valence-corrected chi connectivity index (χ4v) is 2.87. The summed E-state index contributed by atoms with van der Waals surface area (Å²) in [6.45, 7) is 12.3. The van der Waals surface area contributed by atoms with Crippen molar-refractivity contribution in [2.45, 2.75) is 32.6 Å². The van der Waals surface area contributed by atoms with Gasteiger partial charge >= 0.3 is 0 Å². The first-order valence-corrected chi connectivity index (χ1v) is 8.49. The highest BCUT2D eigenvalue weighted by atomic mass is 79.9. The lowest BCUT2D eigenvalue weighted by Gasteiger charge is -2.27. The summed E-state index contributed by atoms with van der Waals surface area (Å²) in [5.74, 6) is 1.01. The third-order valence-electron chi connectivity index (χ3n) is 3.73. The van der Waals surface area contributed by atoms with Gasteiger partial charge in [-0.05, 0) is 30.0 Å². The summed E-state index contributed by atoms with van der Waals surface area (Å²) in [6, 6.07) is 6.28. The van der Waals surface area contributed by atoms with Gasteiger partial charge in [0.2, 0.25) is 0 Å². The maximum atomic E-state index is 6.03. The quantitative estimate of drug-likeness (QED) is 0.748. The maximum Gasteiger partial charge on any atom is 0.123 e. The van der Waals surface area contributed by atoms with E-state index in [2.05, 4.69) is 53.7 Å². The van der Waals surface area contributed by atoms with E-state index in [9.17, 15) is 0 Å². The molecule has 1 aromatic rings. The molecule has 0 spiro atoms.